The lowest BCUT2D eigenvalue weighted by atomic mass is 10.1. The van der Waals surface area contributed by atoms with Gasteiger partial charge in [-0.05, 0) is 31.4 Å². The van der Waals surface area contributed by atoms with E-state index in [1.807, 2.05) is 13.0 Å². The number of hydrogen-bond donors (Lipinski definition) is 0. The fourth-order valence-corrected chi connectivity index (χ4v) is 3.93. The van der Waals surface area contributed by atoms with Gasteiger partial charge in [-0.15, -0.1) is 0 Å². The van der Waals surface area contributed by atoms with Crippen LogP contribution in [-0.4, -0.2) is 60.0 Å². The first kappa shape index (κ1) is 19.5. The average Bonchev–Trinajstić information content (AvgIpc) is 3.25. The van der Waals surface area contributed by atoms with Gasteiger partial charge in [0.2, 0.25) is 5.91 Å². The molecule has 2 aliphatic rings. The van der Waals surface area contributed by atoms with Gasteiger partial charge in [0.05, 0.1) is 6.42 Å². The van der Waals surface area contributed by atoms with E-state index < -0.39 is 11.6 Å². The predicted molar refractivity (Wildman–Crippen MR) is 107 cm³/mol. The molecule has 8 heteroatoms. The lowest BCUT2D eigenvalue weighted by Crippen LogP contribution is -2.49. The molecule has 6 nitrogen and oxygen atoms in total. The van der Waals surface area contributed by atoms with Crippen molar-refractivity contribution in [3.8, 4) is 0 Å². The van der Waals surface area contributed by atoms with Gasteiger partial charge in [0, 0.05) is 51.4 Å². The fraction of sp³-hybridized carbons (Fsp3) is 0.476. The number of amides is 1. The molecular formula is C21H25F2N5O. The van der Waals surface area contributed by atoms with Gasteiger partial charge in [-0.2, -0.15) is 0 Å². The maximum absolute atomic E-state index is 13.8. The SMILES string of the molecule is Cc1nc(N2CCCC2)cc(N2CCN(C(=O)Cc3ccc(F)cc3F)CC2)n1. The molecule has 0 spiro atoms. The third kappa shape index (κ3) is 4.46. The molecule has 0 atom stereocenters. The summed E-state index contributed by atoms with van der Waals surface area (Å²) < 4.78 is 26.9. The fourth-order valence-electron chi connectivity index (χ4n) is 3.93. The largest absolute Gasteiger partial charge is 0.356 e. The number of nitrogens with zero attached hydrogens (tertiary/aromatic N) is 5. The van der Waals surface area contributed by atoms with Crippen molar-refractivity contribution < 1.29 is 13.6 Å². The molecular weight excluding hydrogens is 376 g/mol. The van der Waals surface area contributed by atoms with Gasteiger partial charge < -0.3 is 14.7 Å². The summed E-state index contributed by atoms with van der Waals surface area (Å²) in [5.74, 6) is 1.14. The molecule has 0 aliphatic carbocycles. The first-order valence-corrected chi connectivity index (χ1v) is 10.1. The van der Waals surface area contributed by atoms with Crippen molar-refractivity contribution in [1.82, 2.24) is 14.9 Å². The van der Waals surface area contributed by atoms with Crippen LogP contribution in [-0.2, 0) is 11.2 Å². The molecule has 1 aromatic heterocycles. The van der Waals surface area contributed by atoms with E-state index in [1.165, 1.54) is 25.0 Å². The van der Waals surface area contributed by atoms with Crippen molar-refractivity contribution >= 4 is 17.5 Å². The topological polar surface area (TPSA) is 52.6 Å². The average molecular weight is 401 g/mol. The van der Waals surface area contributed by atoms with Crippen LogP contribution in [0.15, 0.2) is 24.3 Å². The molecule has 154 valence electrons. The van der Waals surface area contributed by atoms with Gasteiger partial charge >= 0.3 is 0 Å². The van der Waals surface area contributed by atoms with Crippen LogP contribution >= 0.6 is 0 Å². The minimum absolute atomic E-state index is 0.0577. The Morgan fingerprint density at radius 3 is 2.17 bits per heavy atom. The second-order valence-electron chi connectivity index (χ2n) is 7.61. The van der Waals surface area contributed by atoms with Crippen LogP contribution in [0.3, 0.4) is 0 Å². The Morgan fingerprint density at radius 2 is 1.55 bits per heavy atom. The Kier molecular flexibility index (Phi) is 5.60. The maximum Gasteiger partial charge on any atom is 0.227 e. The van der Waals surface area contributed by atoms with Crippen LogP contribution in [0, 0.1) is 18.6 Å². The Morgan fingerprint density at radius 1 is 0.931 bits per heavy atom. The Labute approximate surface area is 169 Å². The summed E-state index contributed by atoms with van der Waals surface area (Å²) in [6.07, 6.45) is 2.32. The number of carbonyl (C=O) groups excluding carboxylic acids is 1. The molecule has 0 unspecified atom stereocenters. The molecule has 0 saturated carbocycles. The molecule has 0 N–H and O–H groups in total. The van der Waals surface area contributed by atoms with Crippen molar-refractivity contribution in [2.24, 2.45) is 0 Å². The van der Waals surface area contributed by atoms with Gasteiger partial charge in [0.1, 0.15) is 29.1 Å². The van der Waals surface area contributed by atoms with Gasteiger partial charge in [-0.1, -0.05) is 6.07 Å². The maximum atomic E-state index is 13.8. The molecule has 0 radical (unpaired) electrons. The molecule has 2 fully saturated rings. The third-order valence-corrected chi connectivity index (χ3v) is 5.55. The summed E-state index contributed by atoms with van der Waals surface area (Å²) in [5, 5.41) is 0. The van der Waals surface area contributed by atoms with Crippen molar-refractivity contribution in [2.45, 2.75) is 26.2 Å². The third-order valence-electron chi connectivity index (χ3n) is 5.55. The minimum atomic E-state index is -0.678. The van der Waals surface area contributed by atoms with E-state index in [-0.39, 0.29) is 17.9 Å². The molecule has 1 aromatic carbocycles. The highest BCUT2D eigenvalue weighted by atomic mass is 19.1. The molecule has 0 bridgehead atoms. The number of rotatable bonds is 4. The highest BCUT2D eigenvalue weighted by Crippen LogP contribution is 2.23. The monoisotopic (exact) mass is 401 g/mol. The van der Waals surface area contributed by atoms with E-state index in [2.05, 4.69) is 19.8 Å². The number of hydrogen-bond acceptors (Lipinski definition) is 5. The quantitative estimate of drug-likeness (QED) is 0.788. The Hall–Kier alpha value is -2.77. The van der Waals surface area contributed by atoms with E-state index in [4.69, 9.17) is 0 Å². The van der Waals surface area contributed by atoms with E-state index in [1.54, 1.807) is 4.90 Å². The number of benzene rings is 1. The Bertz CT molecular complexity index is 893. The number of anilines is 2. The highest BCUT2D eigenvalue weighted by molar-refractivity contribution is 5.79. The molecule has 3 heterocycles. The minimum Gasteiger partial charge on any atom is -0.356 e. The van der Waals surface area contributed by atoms with E-state index in [0.717, 1.165) is 36.6 Å². The summed E-state index contributed by atoms with van der Waals surface area (Å²) in [6, 6.07) is 5.36. The predicted octanol–water partition coefficient (Wildman–Crippen LogP) is 2.55. The zero-order valence-electron chi connectivity index (χ0n) is 16.6. The van der Waals surface area contributed by atoms with E-state index in [9.17, 15) is 13.6 Å². The first-order chi connectivity index (χ1) is 14.0. The van der Waals surface area contributed by atoms with Crippen molar-refractivity contribution in [3.05, 3.63) is 47.3 Å². The summed E-state index contributed by atoms with van der Waals surface area (Å²) in [6.45, 7) is 6.37. The summed E-state index contributed by atoms with van der Waals surface area (Å²) in [5.41, 5.74) is 0.223. The van der Waals surface area contributed by atoms with Crippen molar-refractivity contribution in [2.75, 3.05) is 49.1 Å². The van der Waals surface area contributed by atoms with Gasteiger partial charge in [0.15, 0.2) is 0 Å². The second kappa shape index (κ2) is 8.31. The van der Waals surface area contributed by atoms with Crippen LogP contribution in [0.1, 0.15) is 24.2 Å². The molecule has 2 saturated heterocycles. The van der Waals surface area contributed by atoms with Crippen molar-refractivity contribution in [1.29, 1.82) is 0 Å². The normalized spacial score (nSPS) is 17.1. The lowest BCUT2D eigenvalue weighted by molar-refractivity contribution is -0.130. The molecule has 2 aliphatic heterocycles. The molecule has 29 heavy (non-hydrogen) atoms. The highest BCUT2D eigenvalue weighted by Gasteiger charge is 2.24. The van der Waals surface area contributed by atoms with Gasteiger partial charge in [-0.25, -0.2) is 18.7 Å². The van der Waals surface area contributed by atoms with Crippen LogP contribution in [0.25, 0.3) is 0 Å². The van der Waals surface area contributed by atoms with Gasteiger partial charge in [0.25, 0.3) is 0 Å². The molecule has 4 rings (SSSR count). The molecule has 1 amide bonds. The summed E-state index contributed by atoms with van der Waals surface area (Å²) in [4.78, 5) is 27.9. The van der Waals surface area contributed by atoms with Crippen LogP contribution in [0.2, 0.25) is 0 Å². The smallest absolute Gasteiger partial charge is 0.227 e. The number of halogens is 2. The standard InChI is InChI=1S/C21H25F2N5O/c1-15-24-19(26-6-2-3-7-26)14-20(25-15)27-8-10-28(11-9-27)21(29)12-16-4-5-17(22)13-18(16)23/h4-5,13-14H,2-3,6-12H2,1H3. The van der Waals surface area contributed by atoms with E-state index in [0.29, 0.717) is 26.2 Å². The second-order valence-corrected chi connectivity index (χ2v) is 7.61. The zero-order valence-corrected chi connectivity index (χ0v) is 16.6. The van der Waals surface area contributed by atoms with Crippen LogP contribution in [0.5, 0.6) is 0 Å². The summed E-state index contributed by atoms with van der Waals surface area (Å²) >= 11 is 0. The number of carbonyl (C=O) groups is 1. The first-order valence-electron chi connectivity index (χ1n) is 10.1. The summed E-state index contributed by atoms with van der Waals surface area (Å²) in [7, 11) is 0. The molecule has 2 aromatic rings. The van der Waals surface area contributed by atoms with Gasteiger partial charge in [-0.3, -0.25) is 4.79 Å². The van der Waals surface area contributed by atoms with Crippen LogP contribution in [0.4, 0.5) is 20.4 Å². The number of aryl methyl sites for hydroxylation is 1. The number of piperazine rings is 1. The van der Waals surface area contributed by atoms with Crippen molar-refractivity contribution in [3.63, 3.8) is 0 Å². The van der Waals surface area contributed by atoms with E-state index >= 15 is 0 Å². The Balaban J connectivity index is 1.38. The van der Waals surface area contributed by atoms with Crippen LogP contribution < -0.4 is 9.80 Å². The number of aromatic nitrogens is 2. The lowest BCUT2D eigenvalue weighted by Gasteiger charge is -2.36. The zero-order chi connectivity index (χ0) is 20.4.